The van der Waals surface area contributed by atoms with Crippen LogP contribution in [0.4, 0.5) is 5.95 Å². The van der Waals surface area contributed by atoms with E-state index >= 15 is 0 Å². The number of piperidine rings is 1. The van der Waals surface area contributed by atoms with Crippen LogP contribution in [0.25, 0.3) is 0 Å². The standard InChI is InChI=1S/C13H21N3/c1-13(2,3)11-6-4-9-16(10-11)12-14-7-5-8-15-12/h5,7-8,11H,4,6,9-10H2,1-3H3. The lowest BCUT2D eigenvalue weighted by atomic mass is 9.76. The molecule has 0 aliphatic carbocycles. The molecular weight excluding hydrogens is 198 g/mol. The number of anilines is 1. The Labute approximate surface area is 97.9 Å². The highest BCUT2D eigenvalue weighted by Gasteiger charge is 2.30. The maximum atomic E-state index is 4.33. The highest BCUT2D eigenvalue weighted by atomic mass is 15.2. The number of rotatable bonds is 1. The zero-order chi connectivity index (χ0) is 11.6. The van der Waals surface area contributed by atoms with Crippen molar-refractivity contribution in [3.05, 3.63) is 18.5 Å². The van der Waals surface area contributed by atoms with Gasteiger partial charge in [-0.2, -0.15) is 0 Å². The molecule has 1 aliphatic heterocycles. The Morgan fingerprint density at radius 1 is 1.25 bits per heavy atom. The highest BCUT2D eigenvalue weighted by Crippen LogP contribution is 2.33. The van der Waals surface area contributed by atoms with Crippen molar-refractivity contribution < 1.29 is 0 Å². The molecule has 1 atom stereocenters. The predicted octanol–water partition coefficient (Wildman–Crippen LogP) is 2.74. The van der Waals surface area contributed by atoms with E-state index in [1.807, 2.05) is 18.5 Å². The molecular formula is C13H21N3. The summed E-state index contributed by atoms with van der Waals surface area (Å²) in [4.78, 5) is 11.0. The minimum absolute atomic E-state index is 0.382. The summed E-state index contributed by atoms with van der Waals surface area (Å²) in [6.07, 6.45) is 6.22. The molecule has 0 aromatic carbocycles. The van der Waals surface area contributed by atoms with Crippen molar-refractivity contribution in [2.75, 3.05) is 18.0 Å². The molecule has 1 unspecified atom stereocenters. The minimum Gasteiger partial charge on any atom is -0.341 e. The Morgan fingerprint density at radius 3 is 2.56 bits per heavy atom. The largest absolute Gasteiger partial charge is 0.341 e. The number of nitrogens with zero attached hydrogens (tertiary/aromatic N) is 3. The fourth-order valence-electron chi connectivity index (χ4n) is 2.32. The van der Waals surface area contributed by atoms with E-state index in [4.69, 9.17) is 0 Å². The Morgan fingerprint density at radius 2 is 1.94 bits per heavy atom. The Hall–Kier alpha value is -1.12. The summed E-state index contributed by atoms with van der Waals surface area (Å²) in [5.41, 5.74) is 0.382. The SMILES string of the molecule is CC(C)(C)C1CCCN(c2ncccn2)C1. The van der Waals surface area contributed by atoms with E-state index in [-0.39, 0.29) is 0 Å². The quantitative estimate of drug-likeness (QED) is 0.727. The fraction of sp³-hybridized carbons (Fsp3) is 0.692. The minimum atomic E-state index is 0.382. The average molecular weight is 219 g/mol. The van der Waals surface area contributed by atoms with E-state index in [1.165, 1.54) is 12.8 Å². The van der Waals surface area contributed by atoms with Crippen molar-refractivity contribution >= 4 is 5.95 Å². The van der Waals surface area contributed by atoms with Crippen molar-refractivity contribution in [3.8, 4) is 0 Å². The van der Waals surface area contributed by atoms with Gasteiger partial charge in [0.2, 0.25) is 5.95 Å². The van der Waals surface area contributed by atoms with E-state index in [2.05, 4.69) is 35.6 Å². The van der Waals surface area contributed by atoms with Crippen LogP contribution >= 0.6 is 0 Å². The van der Waals surface area contributed by atoms with Gasteiger partial charge in [0, 0.05) is 25.5 Å². The van der Waals surface area contributed by atoms with Gasteiger partial charge in [0.05, 0.1) is 0 Å². The summed E-state index contributed by atoms with van der Waals surface area (Å²) in [6, 6.07) is 1.87. The first-order valence-electron chi connectivity index (χ1n) is 6.09. The lowest BCUT2D eigenvalue weighted by Gasteiger charge is -2.39. The van der Waals surface area contributed by atoms with E-state index in [9.17, 15) is 0 Å². The van der Waals surface area contributed by atoms with Crippen molar-refractivity contribution in [1.29, 1.82) is 0 Å². The Bertz CT molecular complexity index is 329. The van der Waals surface area contributed by atoms with Gasteiger partial charge in [0.25, 0.3) is 0 Å². The van der Waals surface area contributed by atoms with Crippen LogP contribution in [0.3, 0.4) is 0 Å². The van der Waals surface area contributed by atoms with E-state index in [0.717, 1.165) is 25.0 Å². The maximum Gasteiger partial charge on any atom is 0.225 e. The van der Waals surface area contributed by atoms with Gasteiger partial charge in [-0.1, -0.05) is 20.8 Å². The third kappa shape index (κ3) is 2.52. The zero-order valence-electron chi connectivity index (χ0n) is 10.5. The predicted molar refractivity (Wildman–Crippen MR) is 66.4 cm³/mol. The number of hydrogen-bond donors (Lipinski definition) is 0. The molecule has 3 nitrogen and oxygen atoms in total. The fourth-order valence-corrected chi connectivity index (χ4v) is 2.32. The Kier molecular flexibility index (Phi) is 3.13. The van der Waals surface area contributed by atoms with Crippen LogP contribution in [0.1, 0.15) is 33.6 Å². The van der Waals surface area contributed by atoms with E-state index in [0.29, 0.717) is 5.41 Å². The lowest BCUT2D eigenvalue weighted by molar-refractivity contribution is 0.207. The van der Waals surface area contributed by atoms with Crippen LogP contribution in [-0.2, 0) is 0 Å². The summed E-state index contributed by atoms with van der Waals surface area (Å²) in [5.74, 6) is 1.63. The average Bonchev–Trinajstić information content (AvgIpc) is 2.29. The number of hydrogen-bond acceptors (Lipinski definition) is 3. The molecule has 0 N–H and O–H groups in total. The van der Waals surface area contributed by atoms with Gasteiger partial charge in [-0.05, 0) is 30.2 Å². The van der Waals surface area contributed by atoms with Crippen LogP contribution in [-0.4, -0.2) is 23.1 Å². The van der Waals surface area contributed by atoms with Gasteiger partial charge in [0.15, 0.2) is 0 Å². The molecule has 2 rings (SSSR count). The first-order valence-corrected chi connectivity index (χ1v) is 6.09. The van der Waals surface area contributed by atoms with Crippen LogP contribution in [0.15, 0.2) is 18.5 Å². The van der Waals surface area contributed by atoms with Gasteiger partial charge in [-0.25, -0.2) is 9.97 Å². The first-order chi connectivity index (χ1) is 7.57. The third-order valence-corrected chi connectivity index (χ3v) is 3.48. The molecule has 0 saturated carbocycles. The second-order valence-electron chi connectivity index (χ2n) is 5.70. The molecule has 0 spiro atoms. The molecule has 1 aromatic heterocycles. The molecule has 1 aliphatic rings. The van der Waals surface area contributed by atoms with E-state index < -0.39 is 0 Å². The number of aromatic nitrogens is 2. The molecule has 88 valence electrons. The normalized spacial score (nSPS) is 22.2. The van der Waals surface area contributed by atoms with Gasteiger partial charge in [-0.15, -0.1) is 0 Å². The van der Waals surface area contributed by atoms with Crippen LogP contribution in [0.2, 0.25) is 0 Å². The van der Waals surface area contributed by atoms with Gasteiger partial charge < -0.3 is 4.90 Å². The van der Waals surface area contributed by atoms with Crippen LogP contribution in [0, 0.1) is 11.3 Å². The van der Waals surface area contributed by atoms with Gasteiger partial charge in [-0.3, -0.25) is 0 Å². The lowest BCUT2D eigenvalue weighted by Crippen LogP contribution is -2.41. The molecule has 0 bridgehead atoms. The van der Waals surface area contributed by atoms with Crippen LogP contribution in [0.5, 0.6) is 0 Å². The Balaban J connectivity index is 2.08. The van der Waals surface area contributed by atoms with Gasteiger partial charge >= 0.3 is 0 Å². The van der Waals surface area contributed by atoms with Crippen LogP contribution < -0.4 is 4.90 Å². The molecule has 0 amide bonds. The topological polar surface area (TPSA) is 29.0 Å². The molecule has 0 radical (unpaired) electrons. The smallest absolute Gasteiger partial charge is 0.225 e. The summed E-state index contributed by atoms with van der Waals surface area (Å²) in [6.45, 7) is 9.16. The molecule has 1 fully saturated rings. The summed E-state index contributed by atoms with van der Waals surface area (Å²) < 4.78 is 0. The molecule has 16 heavy (non-hydrogen) atoms. The monoisotopic (exact) mass is 219 g/mol. The second kappa shape index (κ2) is 4.40. The highest BCUT2D eigenvalue weighted by molar-refractivity contribution is 5.29. The summed E-state index contributed by atoms with van der Waals surface area (Å²) >= 11 is 0. The van der Waals surface area contributed by atoms with E-state index in [1.54, 1.807) is 0 Å². The van der Waals surface area contributed by atoms with Crippen molar-refractivity contribution in [3.63, 3.8) is 0 Å². The third-order valence-electron chi connectivity index (χ3n) is 3.48. The zero-order valence-corrected chi connectivity index (χ0v) is 10.5. The van der Waals surface area contributed by atoms with Crippen molar-refractivity contribution in [2.45, 2.75) is 33.6 Å². The van der Waals surface area contributed by atoms with Crippen molar-refractivity contribution in [1.82, 2.24) is 9.97 Å². The summed E-state index contributed by atoms with van der Waals surface area (Å²) in [7, 11) is 0. The molecule has 3 heteroatoms. The maximum absolute atomic E-state index is 4.33. The first kappa shape index (κ1) is 11.4. The van der Waals surface area contributed by atoms with Gasteiger partial charge in [0.1, 0.15) is 0 Å². The molecule has 1 saturated heterocycles. The second-order valence-corrected chi connectivity index (χ2v) is 5.70. The molecule has 1 aromatic rings. The molecule has 2 heterocycles. The van der Waals surface area contributed by atoms with Crippen molar-refractivity contribution in [2.24, 2.45) is 11.3 Å². The summed E-state index contributed by atoms with van der Waals surface area (Å²) in [5, 5.41) is 0.